The lowest BCUT2D eigenvalue weighted by molar-refractivity contribution is 0.133. The van der Waals surface area contributed by atoms with Crippen LogP contribution >= 0.6 is 23.2 Å². The molecule has 0 spiro atoms. The molecule has 2 aromatic heterocycles. The fourth-order valence-electron chi connectivity index (χ4n) is 7.34. The zero-order valence-corrected chi connectivity index (χ0v) is 30.3. The molecule has 50 heavy (non-hydrogen) atoms. The normalized spacial score (nSPS) is 16.9. The first-order chi connectivity index (χ1) is 24.3. The van der Waals surface area contributed by atoms with Crippen molar-refractivity contribution in [1.29, 1.82) is 0 Å². The summed E-state index contributed by atoms with van der Waals surface area (Å²) in [5, 5.41) is 23.6. The van der Waals surface area contributed by atoms with Gasteiger partial charge in [-0.15, -0.1) is 0 Å². The van der Waals surface area contributed by atoms with Crippen LogP contribution in [0.3, 0.4) is 0 Å². The molecule has 4 atom stereocenters. The molecule has 2 aliphatic rings. The molecule has 2 aliphatic carbocycles. The molecule has 0 radical (unpaired) electrons. The average molecular weight is 710 g/mol. The Kier molecular flexibility index (Phi) is 10.6. The number of rotatable bonds is 12. The van der Waals surface area contributed by atoms with Crippen LogP contribution in [0, 0.1) is 11.8 Å². The van der Waals surface area contributed by atoms with Crippen molar-refractivity contribution in [2.24, 2.45) is 25.9 Å². The molecule has 4 aromatic carbocycles. The summed E-state index contributed by atoms with van der Waals surface area (Å²) in [4.78, 5) is 9.70. The Balaban J connectivity index is 0.000000157. The van der Waals surface area contributed by atoms with E-state index in [2.05, 4.69) is 21.3 Å². The van der Waals surface area contributed by atoms with Gasteiger partial charge in [0, 0.05) is 36.0 Å². The molecule has 2 heterocycles. The van der Waals surface area contributed by atoms with E-state index in [1.165, 1.54) is 25.7 Å². The number of imidazole rings is 2. The highest BCUT2D eigenvalue weighted by atomic mass is 35.5. The van der Waals surface area contributed by atoms with Crippen molar-refractivity contribution >= 4 is 45.3 Å². The molecule has 0 amide bonds. The predicted octanol–water partition coefficient (Wildman–Crippen LogP) is 10.5. The van der Waals surface area contributed by atoms with Crippen LogP contribution in [0.5, 0.6) is 0 Å². The van der Waals surface area contributed by atoms with Crippen molar-refractivity contribution in [3.63, 3.8) is 0 Å². The summed E-state index contributed by atoms with van der Waals surface area (Å²) < 4.78 is 4.25. The number of para-hydroxylation sites is 4. The minimum Gasteiger partial charge on any atom is -0.388 e. The van der Waals surface area contributed by atoms with E-state index in [1.807, 2.05) is 99.0 Å². The number of aryl methyl sites for hydroxylation is 2. The minimum absolute atomic E-state index is 0.0310. The van der Waals surface area contributed by atoms with E-state index >= 15 is 0 Å². The zero-order valence-electron chi connectivity index (χ0n) is 28.8. The number of benzene rings is 4. The minimum atomic E-state index is -0.604. The molecule has 6 aromatic rings. The first-order valence-corrected chi connectivity index (χ1v) is 18.7. The van der Waals surface area contributed by atoms with Gasteiger partial charge in [-0.2, -0.15) is 0 Å². The van der Waals surface area contributed by atoms with Gasteiger partial charge in [0.25, 0.3) is 0 Å². The zero-order chi connectivity index (χ0) is 34.8. The topological polar surface area (TPSA) is 76.1 Å². The third-order valence-electron chi connectivity index (χ3n) is 10.6. The molecule has 2 fully saturated rings. The van der Waals surface area contributed by atoms with E-state index in [9.17, 15) is 10.2 Å². The number of hydrogen-bond acceptors (Lipinski definition) is 4. The van der Waals surface area contributed by atoms with Crippen molar-refractivity contribution in [2.45, 2.75) is 75.4 Å². The quantitative estimate of drug-likeness (QED) is 0.133. The maximum atomic E-state index is 11.1. The van der Waals surface area contributed by atoms with Gasteiger partial charge in [0.05, 0.1) is 34.3 Å². The summed E-state index contributed by atoms with van der Waals surface area (Å²) in [6, 6.07) is 31.4. The number of nitrogens with zero attached hydrogens (tertiary/aromatic N) is 4. The summed E-state index contributed by atoms with van der Waals surface area (Å²) in [6.45, 7) is 0. The van der Waals surface area contributed by atoms with Gasteiger partial charge in [-0.3, -0.25) is 0 Å². The molecule has 8 rings (SSSR count). The first-order valence-electron chi connectivity index (χ1n) is 18.0. The average Bonchev–Trinajstić information content (AvgIpc) is 4.07. The molecule has 0 aliphatic heterocycles. The number of aromatic nitrogens is 4. The summed E-state index contributed by atoms with van der Waals surface area (Å²) in [6.07, 6.45) is 8.25. The van der Waals surface area contributed by atoms with Crippen LogP contribution in [-0.4, -0.2) is 29.3 Å². The Labute approximate surface area is 304 Å². The fourth-order valence-corrected chi connectivity index (χ4v) is 7.73. The molecule has 260 valence electrons. The molecular weight excluding hydrogens is 663 g/mol. The van der Waals surface area contributed by atoms with Crippen molar-refractivity contribution in [3.05, 3.63) is 130 Å². The third-order valence-corrected chi connectivity index (χ3v) is 11.1. The summed E-state index contributed by atoms with van der Waals surface area (Å²) in [5.74, 6) is 3.49. The van der Waals surface area contributed by atoms with Crippen molar-refractivity contribution in [1.82, 2.24) is 19.1 Å². The van der Waals surface area contributed by atoms with Gasteiger partial charge in [0.1, 0.15) is 11.6 Å². The number of fused-ring (bicyclic) bond motifs is 2. The third kappa shape index (κ3) is 7.94. The van der Waals surface area contributed by atoms with Gasteiger partial charge in [0.15, 0.2) is 0 Å². The lowest BCUT2D eigenvalue weighted by Gasteiger charge is -2.23. The Bertz CT molecular complexity index is 1920. The molecule has 0 bridgehead atoms. The Morgan fingerprint density at radius 2 is 1.00 bits per heavy atom. The number of halogens is 2. The summed E-state index contributed by atoms with van der Waals surface area (Å²) in [7, 11) is 4.08. The number of hydrogen-bond donors (Lipinski definition) is 2. The van der Waals surface area contributed by atoms with E-state index in [4.69, 9.17) is 33.2 Å². The van der Waals surface area contributed by atoms with Gasteiger partial charge in [-0.1, -0.05) is 97.4 Å². The maximum absolute atomic E-state index is 11.1. The highest BCUT2D eigenvalue weighted by molar-refractivity contribution is 6.30. The van der Waals surface area contributed by atoms with Crippen molar-refractivity contribution in [2.75, 3.05) is 0 Å². The van der Waals surface area contributed by atoms with Crippen LogP contribution in [0.2, 0.25) is 10.0 Å². The lowest BCUT2D eigenvalue weighted by atomic mass is 9.90. The second-order valence-electron chi connectivity index (χ2n) is 14.3. The lowest BCUT2D eigenvalue weighted by Crippen LogP contribution is -2.16. The van der Waals surface area contributed by atoms with Crippen LogP contribution < -0.4 is 0 Å². The van der Waals surface area contributed by atoms with Gasteiger partial charge < -0.3 is 19.3 Å². The molecular formula is C42H46Cl2N4O2. The first kappa shape index (κ1) is 34.8. The summed E-state index contributed by atoms with van der Waals surface area (Å²) >= 11 is 12.3. The van der Waals surface area contributed by atoms with E-state index < -0.39 is 12.2 Å². The van der Waals surface area contributed by atoms with Crippen LogP contribution in [0.15, 0.2) is 97.1 Å². The van der Waals surface area contributed by atoms with Gasteiger partial charge >= 0.3 is 0 Å². The van der Waals surface area contributed by atoms with Crippen LogP contribution in [0.1, 0.15) is 98.2 Å². The van der Waals surface area contributed by atoms with Crippen LogP contribution in [-0.2, 0) is 14.1 Å². The van der Waals surface area contributed by atoms with E-state index in [-0.39, 0.29) is 11.8 Å². The second-order valence-corrected chi connectivity index (χ2v) is 15.2. The highest BCUT2D eigenvalue weighted by Crippen LogP contribution is 2.43. The smallest absolute Gasteiger partial charge is 0.115 e. The van der Waals surface area contributed by atoms with Gasteiger partial charge in [0.2, 0.25) is 0 Å². The molecule has 0 unspecified atom stereocenters. The Morgan fingerprint density at radius 1 is 0.600 bits per heavy atom. The van der Waals surface area contributed by atoms with Crippen LogP contribution in [0.4, 0.5) is 0 Å². The van der Waals surface area contributed by atoms with Gasteiger partial charge in [-0.05, 0) is 97.2 Å². The summed E-state index contributed by atoms with van der Waals surface area (Å²) in [5.41, 5.74) is 5.89. The predicted molar refractivity (Wildman–Crippen MR) is 204 cm³/mol. The van der Waals surface area contributed by atoms with E-state index in [0.29, 0.717) is 10.0 Å². The highest BCUT2D eigenvalue weighted by Gasteiger charge is 2.32. The fraction of sp³-hybridized carbons (Fsp3) is 0.381. The second kappa shape index (κ2) is 15.3. The monoisotopic (exact) mass is 708 g/mol. The van der Waals surface area contributed by atoms with Crippen LogP contribution in [0.25, 0.3) is 22.1 Å². The SMILES string of the molecule is Cn1c([C@@H](CCC2CC2)[C@H](O)c2cccc(Cl)c2)nc2ccccc21.Cn1c([C@H](CCC2CC2)[C@@H](O)c2cccc(Cl)c2)nc2ccccc21. The number of aliphatic hydroxyl groups is 2. The van der Waals surface area contributed by atoms with E-state index in [0.717, 1.165) is 82.4 Å². The van der Waals surface area contributed by atoms with Crippen molar-refractivity contribution in [3.8, 4) is 0 Å². The van der Waals surface area contributed by atoms with E-state index in [1.54, 1.807) is 0 Å². The Morgan fingerprint density at radius 3 is 1.36 bits per heavy atom. The molecule has 6 nitrogen and oxygen atoms in total. The molecule has 0 saturated heterocycles. The Hall–Kier alpha value is -3.68. The molecule has 8 heteroatoms. The standard InChI is InChI=1S/2C21H23ClN2O/c2*1-24-19-8-3-2-7-18(19)23-21(24)17(12-11-14-9-10-14)20(25)15-5-4-6-16(22)13-15/h2*2-8,13-14,17,20,25H,9-12H2,1H3/t2*17-,20+/m10/s1. The largest absolute Gasteiger partial charge is 0.388 e. The molecule has 2 saturated carbocycles. The van der Waals surface area contributed by atoms with Crippen molar-refractivity contribution < 1.29 is 10.2 Å². The number of aliphatic hydroxyl groups excluding tert-OH is 2. The molecule has 2 N–H and O–H groups in total. The van der Waals surface area contributed by atoms with Gasteiger partial charge in [-0.25, -0.2) is 9.97 Å². The maximum Gasteiger partial charge on any atom is 0.115 e.